The van der Waals surface area contributed by atoms with Crippen LogP contribution < -0.4 is 5.32 Å². The molecule has 0 radical (unpaired) electrons. The van der Waals surface area contributed by atoms with Gasteiger partial charge in [-0.05, 0) is 105 Å². The average Bonchev–Trinajstić information content (AvgIpc) is 3.47. The molecule has 2 aliphatic heterocycles. The highest BCUT2D eigenvalue weighted by atomic mass is 16.5. The minimum Gasteiger partial charge on any atom is -0.369 e. The fourth-order valence-corrected chi connectivity index (χ4v) is 11.6. The number of carbonyl (C=O) groups excluding carboxylic acids is 2. The highest BCUT2D eigenvalue weighted by molar-refractivity contribution is 5.79. The third-order valence-corrected chi connectivity index (χ3v) is 13.9. The Morgan fingerprint density at radius 2 is 1.91 bits per heavy atom. The fraction of sp³-hybridized carbons (Fsp3) is 0.744. The van der Waals surface area contributed by atoms with Crippen molar-refractivity contribution in [3.05, 3.63) is 47.0 Å². The number of ether oxygens (including phenoxy) is 1. The van der Waals surface area contributed by atoms with Crippen LogP contribution in [-0.2, 0) is 20.7 Å². The minimum absolute atomic E-state index is 0.0636. The number of Topliss-reactive ketones (excluding diaryl/α,β-unsaturated/α-hetero) is 1. The van der Waals surface area contributed by atoms with Crippen LogP contribution >= 0.6 is 0 Å². The number of nitrogens with zero attached hydrogens (tertiary/aromatic N) is 1. The molecule has 5 heteroatoms. The highest BCUT2D eigenvalue weighted by Crippen LogP contribution is 2.65. The maximum Gasteiger partial charge on any atom is 0.220 e. The van der Waals surface area contributed by atoms with Gasteiger partial charge in [-0.3, -0.25) is 14.5 Å². The van der Waals surface area contributed by atoms with Gasteiger partial charge < -0.3 is 10.1 Å². The fourth-order valence-electron chi connectivity index (χ4n) is 11.6. The predicted molar refractivity (Wildman–Crippen MR) is 175 cm³/mol. The molecule has 240 valence electrons. The van der Waals surface area contributed by atoms with Crippen molar-refractivity contribution in [1.82, 2.24) is 10.2 Å². The molecule has 2 heterocycles. The van der Waals surface area contributed by atoms with Crippen LogP contribution in [0.3, 0.4) is 0 Å². The zero-order valence-electron chi connectivity index (χ0n) is 27.8. The number of amides is 1. The molecule has 10 atom stereocenters. The molecule has 1 N–H and O–H groups in total. The molecule has 3 saturated carbocycles. The van der Waals surface area contributed by atoms with Gasteiger partial charge >= 0.3 is 0 Å². The maximum absolute atomic E-state index is 12.7. The molecule has 0 aromatic heterocycles. The summed E-state index contributed by atoms with van der Waals surface area (Å²) in [6.45, 7) is 12.6. The lowest BCUT2D eigenvalue weighted by Gasteiger charge is -2.52. The van der Waals surface area contributed by atoms with Gasteiger partial charge in [0.25, 0.3) is 0 Å². The molecule has 1 aromatic rings. The summed E-state index contributed by atoms with van der Waals surface area (Å²) < 4.78 is 7.29. The first-order valence-corrected chi connectivity index (χ1v) is 18.1. The third-order valence-electron chi connectivity index (χ3n) is 13.9. The number of aryl methyl sites for hydroxylation is 1. The Labute approximate surface area is 265 Å². The molecule has 1 spiro atoms. The Hall–Kier alpha value is -1.98. The topological polar surface area (TPSA) is 58.6 Å². The van der Waals surface area contributed by atoms with Crippen molar-refractivity contribution in [2.45, 2.75) is 122 Å². The Kier molecular flexibility index (Phi) is 8.36. The summed E-state index contributed by atoms with van der Waals surface area (Å²) in [7, 11) is 0. The SMILES string of the molecule is CC1=C2C[C@H]3[C@@H](CC[C@@H]4CC(=O)CC[C@@]43C)[C@@H]2CC[C@@]2(C1)O[C@@H]1C[C@H](C)CN(CCNC(=O)CCc3ccccc3)[C@H]1[C@H]2C. The average molecular weight is 601 g/mol. The lowest BCUT2D eigenvalue weighted by molar-refractivity contribution is -0.130. The van der Waals surface area contributed by atoms with Crippen LogP contribution in [0.15, 0.2) is 41.5 Å². The summed E-state index contributed by atoms with van der Waals surface area (Å²) in [5.74, 6) is 4.65. The zero-order chi connectivity index (χ0) is 30.6. The molecule has 1 amide bonds. The standard InChI is InChI=1S/C39H56N2O3/c1-25-20-35-37(41(24-25)19-18-40-36(43)13-10-28-8-6-5-7-9-28)27(3)39(44-35)17-15-31-32-12-11-29-21-30(42)14-16-38(29,4)34(32)22-33(31)26(2)23-39/h5-9,25,27,29,31-32,34-35,37H,10-24H2,1-4H3,(H,40,43)/t25-,27+,29+,31-,32-,34-,35+,37-,38-,39-/m0/s1. The molecule has 2 saturated heterocycles. The molecular formula is C39H56N2O3. The van der Waals surface area contributed by atoms with Crippen molar-refractivity contribution in [3.8, 4) is 0 Å². The highest BCUT2D eigenvalue weighted by Gasteiger charge is 2.60. The van der Waals surface area contributed by atoms with E-state index in [0.29, 0.717) is 60.0 Å². The lowest BCUT2D eigenvalue weighted by Crippen LogP contribution is -2.53. The molecule has 5 nitrogen and oxygen atoms in total. The second-order valence-corrected chi connectivity index (χ2v) is 16.3. The molecule has 6 aliphatic rings. The first-order chi connectivity index (χ1) is 21.2. The lowest BCUT2D eigenvalue weighted by atomic mass is 9.52. The van der Waals surface area contributed by atoms with E-state index in [-0.39, 0.29) is 11.5 Å². The Morgan fingerprint density at radius 3 is 2.73 bits per heavy atom. The summed E-state index contributed by atoms with van der Waals surface area (Å²) in [5.41, 5.74) is 4.92. The van der Waals surface area contributed by atoms with Crippen molar-refractivity contribution < 1.29 is 14.3 Å². The van der Waals surface area contributed by atoms with Crippen LogP contribution in [0.25, 0.3) is 0 Å². The summed E-state index contributed by atoms with van der Waals surface area (Å²) in [6.07, 6.45) is 12.9. The third kappa shape index (κ3) is 5.42. The monoisotopic (exact) mass is 600 g/mol. The molecule has 4 aliphatic carbocycles. The van der Waals surface area contributed by atoms with Gasteiger partial charge in [0.15, 0.2) is 0 Å². The van der Waals surface area contributed by atoms with Crippen LogP contribution in [0.2, 0.25) is 0 Å². The van der Waals surface area contributed by atoms with E-state index in [1.54, 1.807) is 11.1 Å². The first-order valence-electron chi connectivity index (χ1n) is 18.1. The van der Waals surface area contributed by atoms with E-state index >= 15 is 0 Å². The van der Waals surface area contributed by atoms with Gasteiger partial charge in [0.2, 0.25) is 5.91 Å². The summed E-state index contributed by atoms with van der Waals surface area (Å²) >= 11 is 0. The van der Waals surface area contributed by atoms with E-state index in [2.05, 4.69) is 50.0 Å². The summed E-state index contributed by atoms with van der Waals surface area (Å²) in [5, 5.41) is 3.23. The van der Waals surface area contributed by atoms with Crippen LogP contribution in [0.4, 0.5) is 0 Å². The number of benzene rings is 1. The minimum atomic E-state index is -0.0636. The van der Waals surface area contributed by atoms with Crippen molar-refractivity contribution in [2.75, 3.05) is 19.6 Å². The Bertz CT molecular complexity index is 1280. The van der Waals surface area contributed by atoms with Crippen LogP contribution in [0.1, 0.15) is 104 Å². The largest absolute Gasteiger partial charge is 0.369 e. The zero-order valence-corrected chi connectivity index (χ0v) is 27.8. The second-order valence-electron chi connectivity index (χ2n) is 16.3. The molecular weight excluding hydrogens is 544 g/mol. The molecule has 1 aromatic carbocycles. The number of likely N-dealkylation sites (tertiary alicyclic amines) is 1. The van der Waals surface area contributed by atoms with Gasteiger partial charge in [-0.1, -0.05) is 62.2 Å². The van der Waals surface area contributed by atoms with Gasteiger partial charge in [-0.2, -0.15) is 0 Å². The number of hydrogen-bond donors (Lipinski definition) is 1. The van der Waals surface area contributed by atoms with E-state index in [9.17, 15) is 9.59 Å². The number of rotatable bonds is 6. The first kappa shape index (κ1) is 30.7. The predicted octanol–water partition coefficient (Wildman–Crippen LogP) is 7.14. The molecule has 0 unspecified atom stereocenters. The molecule has 44 heavy (non-hydrogen) atoms. The number of carbonyl (C=O) groups is 2. The number of ketones is 1. The van der Waals surface area contributed by atoms with Gasteiger partial charge in [-0.15, -0.1) is 0 Å². The van der Waals surface area contributed by atoms with Gasteiger partial charge in [0.05, 0.1) is 11.7 Å². The van der Waals surface area contributed by atoms with E-state index in [0.717, 1.165) is 63.5 Å². The van der Waals surface area contributed by atoms with Crippen molar-refractivity contribution in [2.24, 2.45) is 40.9 Å². The molecule has 7 rings (SSSR count). The van der Waals surface area contributed by atoms with E-state index in [4.69, 9.17) is 4.74 Å². The second kappa shape index (κ2) is 12.0. The van der Waals surface area contributed by atoms with Gasteiger partial charge in [0.1, 0.15) is 5.78 Å². The van der Waals surface area contributed by atoms with E-state index in [1.165, 1.54) is 37.7 Å². The van der Waals surface area contributed by atoms with Crippen LogP contribution in [-0.4, -0.2) is 54.0 Å². The normalized spacial score (nSPS) is 42.0. The Balaban J connectivity index is 1.02. The van der Waals surface area contributed by atoms with Gasteiger partial charge in [0, 0.05) is 50.9 Å². The van der Waals surface area contributed by atoms with Crippen LogP contribution in [0.5, 0.6) is 0 Å². The number of allylic oxidation sites excluding steroid dienone is 1. The summed E-state index contributed by atoms with van der Waals surface area (Å²) in [6, 6.07) is 10.7. The summed E-state index contributed by atoms with van der Waals surface area (Å²) in [4.78, 5) is 27.7. The van der Waals surface area contributed by atoms with Crippen molar-refractivity contribution in [3.63, 3.8) is 0 Å². The van der Waals surface area contributed by atoms with Crippen molar-refractivity contribution >= 4 is 11.7 Å². The number of piperidine rings is 1. The molecule has 5 fully saturated rings. The van der Waals surface area contributed by atoms with E-state index < -0.39 is 0 Å². The maximum atomic E-state index is 12.7. The number of hydrogen-bond acceptors (Lipinski definition) is 4. The van der Waals surface area contributed by atoms with Gasteiger partial charge in [-0.25, -0.2) is 0 Å². The quantitative estimate of drug-likeness (QED) is 0.353. The van der Waals surface area contributed by atoms with Crippen molar-refractivity contribution in [1.29, 1.82) is 0 Å². The molecule has 0 bridgehead atoms. The Morgan fingerprint density at radius 1 is 1.09 bits per heavy atom. The number of fused-ring (bicyclic) bond motifs is 6. The van der Waals surface area contributed by atoms with E-state index in [1.807, 2.05) is 18.2 Å². The number of nitrogens with one attached hydrogen (secondary N) is 1. The smallest absolute Gasteiger partial charge is 0.220 e. The van der Waals surface area contributed by atoms with Crippen LogP contribution in [0, 0.1) is 40.9 Å².